The van der Waals surface area contributed by atoms with Crippen molar-refractivity contribution < 1.29 is 4.74 Å². The molecule has 0 atom stereocenters. The van der Waals surface area contributed by atoms with Crippen molar-refractivity contribution in [3.05, 3.63) is 6.33 Å². The molecule has 0 radical (unpaired) electrons. The molecule has 3 N–H and O–H groups in total. The summed E-state index contributed by atoms with van der Waals surface area (Å²) in [6.07, 6.45) is 4.94. The number of ether oxygens (including phenoxy) is 1. The van der Waals surface area contributed by atoms with Crippen molar-refractivity contribution in [2.45, 2.75) is 26.2 Å². The number of methoxy groups -OCH3 is 1. The van der Waals surface area contributed by atoms with Gasteiger partial charge in [-0.3, -0.25) is 0 Å². The smallest absolute Gasteiger partial charge is 0.226 e. The Morgan fingerprint density at radius 2 is 2.10 bits per heavy atom. The Labute approximate surface area is 118 Å². The van der Waals surface area contributed by atoms with E-state index in [0.29, 0.717) is 11.6 Å². The minimum atomic E-state index is 0.606. The SMILES string of the molecule is CCNc1nc(NCCCCCOC)c2[nH]cnc2n1. The molecular weight excluding hydrogens is 256 g/mol. The maximum Gasteiger partial charge on any atom is 0.226 e. The fourth-order valence-corrected chi connectivity index (χ4v) is 1.95. The molecule has 0 aliphatic rings. The Bertz CT molecular complexity index is 527. The summed E-state index contributed by atoms with van der Waals surface area (Å²) in [7, 11) is 1.73. The molecule has 20 heavy (non-hydrogen) atoms. The average Bonchev–Trinajstić information content (AvgIpc) is 2.91. The van der Waals surface area contributed by atoms with Crippen LogP contribution in [0.4, 0.5) is 11.8 Å². The molecule has 0 fully saturated rings. The van der Waals surface area contributed by atoms with Crippen molar-refractivity contribution in [2.24, 2.45) is 0 Å². The van der Waals surface area contributed by atoms with Crippen LogP contribution in [0.2, 0.25) is 0 Å². The molecular formula is C13H22N6O. The molecule has 2 heterocycles. The van der Waals surface area contributed by atoms with E-state index in [4.69, 9.17) is 4.74 Å². The fraction of sp³-hybridized carbons (Fsp3) is 0.615. The minimum Gasteiger partial charge on any atom is -0.385 e. The molecule has 2 rings (SSSR count). The molecule has 0 saturated heterocycles. The van der Waals surface area contributed by atoms with Gasteiger partial charge in [0.15, 0.2) is 11.5 Å². The predicted molar refractivity (Wildman–Crippen MR) is 80.1 cm³/mol. The first-order valence-electron chi connectivity index (χ1n) is 7.03. The number of fused-ring (bicyclic) bond motifs is 1. The van der Waals surface area contributed by atoms with E-state index in [2.05, 4.69) is 30.6 Å². The van der Waals surface area contributed by atoms with Crippen LogP contribution in [0.1, 0.15) is 26.2 Å². The standard InChI is InChI=1S/C13H22N6O/c1-3-14-13-18-11(10-12(19-13)17-9-16-10)15-7-5-4-6-8-20-2/h9H,3-8H2,1-2H3,(H3,14,15,16,17,18,19). The second-order valence-electron chi connectivity index (χ2n) is 4.51. The first-order chi connectivity index (χ1) is 9.85. The molecule has 0 bridgehead atoms. The lowest BCUT2D eigenvalue weighted by Crippen LogP contribution is -2.08. The van der Waals surface area contributed by atoms with Crippen LogP contribution in [0.5, 0.6) is 0 Å². The Hall–Kier alpha value is -1.89. The van der Waals surface area contributed by atoms with E-state index in [1.165, 1.54) is 0 Å². The molecule has 0 spiro atoms. The largest absolute Gasteiger partial charge is 0.385 e. The summed E-state index contributed by atoms with van der Waals surface area (Å²) in [5.74, 6) is 1.41. The van der Waals surface area contributed by atoms with Gasteiger partial charge in [-0.15, -0.1) is 0 Å². The van der Waals surface area contributed by atoms with E-state index in [9.17, 15) is 0 Å². The molecule has 0 aliphatic heterocycles. The zero-order valence-corrected chi connectivity index (χ0v) is 12.1. The molecule has 2 aromatic rings. The van der Waals surface area contributed by atoms with Gasteiger partial charge in [-0.05, 0) is 26.2 Å². The monoisotopic (exact) mass is 278 g/mol. The Morgan fingerprint density at radius 1 is 1.20 bits per heavy atom. The Kier molecular flexibility index (Phi) is 5.55. The summed E-state index contributed by atoms with van der Waals surface area (Å²) in [6.45, 7) is 4.50. The minimum absolute atomic E-state index is 0.606. The third kappa shape index (κ3) is 3.80. The number of aromatic nitrogens is 4. The van der Waals surface area contributed by atoms with E-state index in [1.807, 2.05) is 6.92 Å². The third-order valence-electron chi connectivity index (χ3n) is 2.94. The Morgan fingerprint density at radius 3 is 2.90 bits per heavy atom. The van der Waals surface area contributed by atoms with Crippen LogP contribution in [0.25, 0.3) is 11.2 Å². The lowest BCUT2D eigenvalue weighted by atomic mass is 10.2. The number of anilines is 2. The summed E-state index contributed by atoms with van der Waals surface area (Å²) in [5.41, 5.74) is 1.53. The highest BCUT2D eigenvalue weighted by Gasteiger charge is 2.08. The maximum atomic E-state index is 5.03. The summed E-state index contributed by atoms with van der Waals surface area (Å²) < 4.78 is 5.03. The van der Waals surface area contributed by atoms with E-state index in [1.54, 1.807) is 13.4 Å². The van der Waals surface area contributed by atoms with Crippen molar-refractivity contribution in [3.8, 4) is 0 Å². The van der Waals surface area contributed by atoms with Gasteiger partial charge < -0.3 is 20.4 Å². The molecule has 0 saturated carbocycles. The molecule has 7 heteroatoms. The van der Waals surface area contributed by atoms with Crippen molar-refractivity contribution in [1.82, 2.24) is 19.9 Å². The van der Waals surface area contributed by atoms with Gasteiger partial charge in [-0.1, -0.05) is 0 Å². The van der Waals surface area contributed by atoms with Gasteiger partial charge in [-0.2, -0.15) is 9.97 Å². The third-order valence-corrected chi connectivity index (χ3v) is 2.94. The molecule has 0 aromatic carbocycles. The van der Waals surface area contributed by atoms with Crippen LogP contribution >= 0.6 is 0 Å². The molecule has 0 aliphatic carbocycles. The van der Waals surface area contributed by atoms with Gasteiger partial charge in [0.05, 0.1) is 6.33 Å². The number of hydrogen-bond acceptors (Lipinski definition) is 6. The zero-order valence-electron chi connectivity index (χ0n) is 12.1. The van der Waals surface area contributed by atoms with Gasteiger partial charge in [0.25, 0.3) is 0 Å². The van der Waals surface area contributed by atoms with Crippen LogP contribution in [0.15, 0.2) is 6.33 Å². The zero-order chi connectivity index (χ0) is 14.2. The predicted octanol–water partition coefficient (Wildman–Crippen LogP) is 2.01. The van der Waals surface area contributed by atoms with Gasteiger partial charge in [-0.25, -0.2) is 4.98 Å². The topological polar surface area (TPSA) is 87.8 Å². The molecule has 0 unspecified atom stereocenters. The van der Waals surface area contributed by atoms with Crippen LogP contribution in [-0.4, -0.2) is 46.7 Å². The van der Waals surface area contributed by atoms with E-state index >= 15 is 0 Å². The van der Waals surface area contributed by atoms with Gasteiger partial charge >= 0.3 is 0 Å². The highest BCUT2D eigenvalue weighted by Crippen LogP contribution is 2.18. The second kappa shape index (κ2) is 7.64. The molecule has 110 valence electrons. The van der Waals surface area contributed by atoms with Crippen molar-refractivity contribution in [1.29, 1.82) is 0 Å². The number of hydrogen-bond donors (Lipinski definition) is 3. The van der Waals surface area contributed by atoms with E-state index < -0.39 is 0 Å². The highest BCUT2D eigenvalue weighted by molar-refractivity contribution is 5.83. The van der Waals surface area contributed by atoms with Gasteiger partial charge in [0.2, 0.25) is 5.95 Å². The highest BCUT2D eigenvalue weighted by atomic mass is 16.5. The molecule has 0 amide bonds. The van der Waals surface area contributed by atoms with Gasteiger partial charge in [0.1, 0.15) is 5.52 Å². The number of rotatable bonds is 9. The maximum absolute atomic E-state index is 5.03. The lowest BCUT2D eigenvalue weighted by molar-refractivity contribution is 0.192. The summed E-state index contributed by atoms with van der Waals surface area (Å²) >= 11 is 0. The normalized spacial score (nSPS) is 10.9. The van der Waals surface area contributed by atoms with Crippen molar-refractivity contribution >= 4 is 22.9 Å². The van der Waals surface area contributed by atoms with Gasteiger partial charge in [0, 0.05) is 26.8 Å². The number of H-pyrrole nitrogens is 1. The molecule has 7 nitrogen and oxygen atoms in total. The van der Waals surface area contributed by atoms with Crippen LogP contribution in [0, 0.1) is 0 Å². The number of aromatic amines is 1. The van der Waals surface area contributed by atoms with E-state index in [-0.39, 0.29) is 0 Å². The fourth-order valence-electron chi connectivity index (χ4n) is 1.95. The van der Waals surface area contributed by atoms with Crippen LogP contribution < -0.4 is 10.6 Å². The van der Waals surface area contributed by atoms with E-state index in [0.717, 1.165) is 50.3 Å². The summed E-state index contributed by atoms with van der Waals surface area (Å²) in [5, 5.41) is 6.46. The number of nitrogens with zero attached hydrogens (tertiary/aromatic N) is 3. The van der Waals surface area contributed by atoms with Crippen LogP contribution in [-0.2, 0) is 4.74 Å². The summed E-state index contributed by atoms with van der Waals surface area (Å²) in [6, 6.07) is 0. The quantitative estimate of drug-likeness (QED) is 0.608. The first kappa shape index (κ1) is 14.5. The first-order valence-corrected chi connectivity index (χ1v) is 7.03. The lowest BCUT2D eigenvalue weighted by Gasteiger charge is -2.08. The summed E-state index contributed by atoms with van der Waals surface area (Å²) in [4.78, 5) is 16.1. The number of imidazole rings is 1. The average molecular weight is 278 g/mol. The molecule has 2 aromatic heterocycles. The van der Waals surface area contributed by atoms with Crippen molar-refractivity contribution in [2.75, 3.05) is 37.4 Å². The van der Waals surface area contributed by atoms with Crippen molar-refractivity contribution in [3.63, 3.8) is 0 Å². The Balaban J connectivity index is 1.95. The number of nitrogens with one attached hydrogen (secondary N) is 3. The number of unbranched alkanes of at least 4 members (excludes halogenated alkanes) is 2. The second-order valence-corrected chi connectivity index (χ2v) is 4.51. The van der Waals surface area contributed by atoms with Crippen LogP contribution in [0.3, 0.4) is 0 Å².